The lowest BCUT2D eigenvalue weighted by molar-refractivity contribution is -0.135. The maximum absolute atomic E-state index is 13.0. The first kappa shape index (κ1) is 18.1. The third-order valence-electron chi connectivity index (χ3n) is 5.11. The fourth-order valence-corrected chi connectivity index (χ4v) is 3.76. The van der Waals surface area contributed by atoms with E-state index in [1.54, 1.807) is 17.2 Å². The maximum Gasteiger partial charge on any atom is 0.228 e. The van der Waals surface area contributed by atoms with E-state index in [0.717, 1.165) is 19.0 Å². The molecule has 4 heterocycles. The first-order valence-electron chi connectivity index (χ1n) is 9.23. The molecule has 8 heteroatoms. The van der Waals surface area contributed by atoms with Crippen LogP contribution in [0, 0.1) is 5.82 Å². The Hall–Kier alpha value is -2.32. The van der Waals surface area contributed by atoms with Crippen LogP contribution in [-0.2, 0) is 27.2 Å². The number of halogens is 1. The Morgan fingerprint density at radius 2 is 2.33 bits per heavy atom. The van der Waals surface area contributed by atoms with Crippen LogP contribution < -0.4 is 0 Å². The third-order valence-corrected chi connectivity index (χ3v) is 5.11. The lowest BCUT2D eigenvalue weighted by atomic mass is 10.00. The minimum atomic E-state index is -0.472. The normalized spacial score (nSPS) is 25.7. The van der Waals surface area contributed by atoms with Gasteiger partial charge in [0.15, 0.2) is 0 Å². The van der Waals surface area contributed by atoms with Crippen molar-refractivity contribution in [1.29, 1.82) is 0 Å². The number of rotatable bonds is 4. The molecule has 0 bridgehead atoms. The number of carbonyl (C=O) groups excluding carboxylic acids is 1. The number of nitrogens with zero attached hydrogens (tertiary/aromatic N) is 4. The summed E-state index contributed by atoms with van der Waals surface area (Å²) in [7, 11) is 0. The molecule has 0 aromatic carbocycles. The van der Waals surface area contributed by atoms with Gasteiger partial charge in [-0.15, -0.1) is 0 Å². The Morgan fingerprint density at radius 3 is 3.11 bits per heavy atom. The van der Waals surface area contributed by atoms with Crippen LogP contribution in [0.3, 0.4) is 0 Å². The second-order valence-electron chi connectivity index (χ2n) is 7.20. The summed E-state index contributed by atoms with van der Waals surface area (Å²) in [6.45, 7) is 2.69. The van der Waals surface area contributed by atoms with E-state index in [4.69, 9.17) is 9.47 Å². The van der Waals surface area contributed by atoms with Crippen molar-refractivity contribution in [3.05, 3.63) is 48.3 Å². The number of ether oxygens (including phenoxy) is 2. The van der Waals surface area contributed by atoms with Gasteiger partial charge in [-0.05, 0) is 31.0 Å². The van der Waals surface area contributed by atoms with Crippen molar-refractivity contribution in [2.45, 2.75) is 37.5 Å². The van der Waals surface area contributed by atoms with Crippen LogP contribution in [0.25, 0.3) is 0 Å². The monoisotopic (exact) mass is 374 g/mol. The number of hydrogen-bond acceptors (Lipinski definition) is 5. The Labute approximate surface area is 157 Å². The third kappa shape index (κ3) is 4.33. The number of amides is 1. The molecule has 2 aromatic heterocycles. The summed E-state index contributed by atoms with van der Waals surface area (Å²) in [5.41, 5.74) is 0.0877. The first-order chi connectivity index (χ1) is 13.1. The van der Waals surface area contributed by atoms with Crippen molar-refractivity contribution in [3.63, 3.8) is 0 Å². The van der Waals surface area contributed by atoms with Gasteiger partial charge in [0.1, 0.15) is 11.4 Å². The fraction of sp³-hybridized carbons (Fsp3) is 0.526. The second kappa shape index (κ2) is 7.74. The molecule has 0 radical (unpaired) electrons. The van der Waals surface area contributed by atoms with Gasteiger partial charge in [-0.1, -0.05) is 0 Å². The van der Waals surface area contributed by atoms with Crippen LogP contribution in [0.15, 0.2) is 36.8 Å². The van der Waals surface area contributed by atoms with Crippen LogP contribution in [0.4, 0.5) is 4.39 Å². The van der Waals surface area contributed by atoms with Gasteiger partial charge in [-0.25, -0.2) is 4.39 Å². The number of aromatic nitrogens is 3. The Bertz CT molecular complexity index is 768. The predicted octanol–water partition coefficient (Wildman–Crippen LogP) is 1.44. The van der Waals surface area contributed by atoms with Crippen LogP contribution in [0.5, 0.6) is 0 Å². The molecule has 2 aliphatic heterocycles. The van der Waals surface area contributed by atoms with Gasteiger partial charge < -0.3 is 14.4 Å². The zero-order valence-electron chi connectivity index (χ0n) is 15.1. The summed E-state index contributed by atoms with van der Waals surface area (Å²) in [5, 5.41) is 4.24. The summed E-state index contributed by atoms with van der Waals surface area (Å²) >= 11 is 0. The summed E-state index contributed by atoms with van der Waals surface area (Å²) in [4.78, 5) is 18.5. The SMILES string of the molecule is O=C(Cc1ccc(F)cn1)N1CCOC[C@]2(CC[C@@H](Cn3cccn3)O2)C1. The zero-order valence-corrected chi connectivity index (χ0v) is 15.1. The quantitative estimate of drug-likeness (QED) is 0.810. The van der Waals surface area contributed by atoms with E-state index < -0.39 is 11.4 Å². The fourth-order valence-electron chi connectivity index (χ4n) is 3.76. The molecule has 27 heavy (non-hydrogen) atoms. The molecule has 0 unspecified atom stereocenters. The molecule has 0 saturated carbocycles. The summed E-state index contributed by atoms with van der Waals surface area (Å²) in [5.74, 6) is -0.450. The highest BCUT2D eigenvalue weighted by Gasteiger charge is 2.44. The lowest BCUT2D eigenvalue weighted by Gasteiger charge is -2.32. The Kier molecular flexibility index (Phi) is 5.18. The largest absolute Gasteiger partial charge is 0.377 e. The Morgan fingerprint density at radius 1 is 1.41 bits per heavy atom. The van der Waals surface area contributed by atoms with E-state index >= 15 is 0 Å². The van der Waals surface area contributed by atoms with E-state index in [1.165, 1.54) is 6.07 Å². The summed E-state index contributed by atoms with van der Waals surface area (Å²) < 4.78 is 27.0. The smallest absolute Gasteiger partial charge is 0.228 e. The molecular weight excluding hydrogens is 351 g/mol. The lowest BCUT2D eigenvalue weighted by Crippen LogP contribution is -2.47. The van der Waals surface area contributed by atoms with Gasteiger partial charge in [0.2, 0.25) is 5.91 Å². The molecule has 0 N–H and O–H groups in total. The molecule has 7 nitrogen and oxygen atoms in total. The molecule has 4 rings (SSSR count). The molecule has 2 saturated heterocycles. The van der Waals surface area contributed by atoms with Gasteiger partial charge in [-0.3, -0.25) is 14.5 Å². The van der Waals surface area contributed by atoms with Crippen LogP contribution in [0.2, 0.25) is 0 Å². The topological polar surface area (TPSA) is 69.5 Å². The van der Waals surface area contributed by atoms with Crippen molar-refractivity contribution in [1.82, 2.24) is 19.7 Å². The molecular formula is C19H23FN4O3. The standard InChI is InChI=1S/C19H23FN4O3/c20-15-2-3-16(21-11-15)10-18(25)23-8-9-26-14-19(13-23)5-4-17(27-19)12-24-7-1-6-22-24/h1-3,6-7,11,17H,4-5,8-10,12-14H2/t17-,19-/m0/s1. The van der Waals surface area contributed by atoms with E-state index in [-0.39, 0.29) is 18.4 Å². The molecule has 0 aliphatic carbocycles. The van der Waals surface area contributed by atoms with Crippen LogP contribution >= 0.6 is 0 Å². The molecule has 2 aliphatic rings. The van der Waals surface area contributed by atoms with Crippen molar-refractivity contribution in [3.8, 4) is 0 Å². The van der Waals surface area contributed by atoms with Crippen molar-refractivity contribution < 1.29 is 18.7 Å². The number of carbonyl (C=O) groups is 1. The average molecular weight is 374 g/mol. The van der Waals surface area contributed by atoms with E-state index in [9.17, 15) is 9.18 Å². The highest BCUT2D eigenvalue weighted by atomic mass is 19.1. The van der Waals surface area contributed by atoms with Gasteiger partial charge in [-0.2, -0.15) is 5.10 Å². The van der Waals surface area contributed by atoms with Gasteiger partial charge in [0, 0.05) is 24.6 Å². The van der Waals surface area contributed by atoms with E-state index in [2.05, 4.69) is 10.1 Å². The van der Waals surface area contributed by atoms with Crippen LogP contribution in [0.1, 0.15) is 18.5 Å². The Balaban J connectivity index is 1.39. The van der Waals surface area contributed by atoms with Gasteiger partial charge >= 0.3 is 0 Å². The van der Waals surface area contributed by atoms with Gasteiger partial charge in [0.25, 0.3) is 0 Å². The molecule has 2 fully saturated rings. The number of hydrogen-bond donors (Lipinski definition) is 0. The predicted molar refractivity (Wildman–Crippen MR) is 94.4 cm³/mol. The second-order valence-corrected chi connectivity index (χ2v) is 7.20. The molecule has 1 amide bonds. The average Bonchev–Trinajstić information content (AvgIpc) is 3.25. The highest BCUT2D eigenvalue weighted by Crippen LogP contribution is 2.33. The molecule has 1 spiro atoms. The van der Waals surface area contributed by atoms with Gasteiger partial charge in [0.05, 0.1) is 45.0 Å². The zero-order chi connectivity index (χ0) is 18.7. The molecule has 2 aromatic rings. The van der Waals surface area contributed by atoms with Crippen molar-refractivity contribution in [2.24, 2.45) is 0 Å². The van der Waals surface area contributed by atoms with Crippen molar-refractivity contribution >= 4 is 5.91 Å². The summed E-state index contributed by atoms with van der Waals surface area (Å²) in [6, 6.07) is 4.76. The van der Waals surface area contributed by atoms with Crippen molar-refractivity contribution in [2.75, 3.05) is 26.3 Å². The van der Waals surface area contributed by atoms with Crippen LogP contribution in [-0.4, -0.2) is 63.6 Å². The number of pyridine rings is 1. The minimum Gasteiger partial charge on any atom is -0.377 e. The highest BCUT2D eigenvalue weighted by molar-refractivity contribution is 5.78. The molecule has 144 valence electrons. The summed E-state index contributed by atoms with van der Waals surface area (Å²) in [6.07, 6.45) is 6.76. The van der Waals surface area contributed by atoms with E-state index in [0.29, 0.717) is 38.5 Å². The maximum atomic E-state index is 13.0. The minimum absolute atomic E-state index is 0.0434. The van der Waals surface area contributed by atoms with E-state index in [1.807, 2.05) is 16.9 Å². The molecule has 2 atom stereocenters. The first-order valence-corrected chi connectivity index (χ1v) is 9.23.